The maximum absolute atomic E-state index is 12.9. The van der Waals surface area contributed by atoms with E-state index in [1.165, 1.54) is 0 Å². The van der Waals surface area contributed by atoms with E-state index in [1.807, 2.05) is 49.7 Å². The molecule has 6 heteroatoms. The van der Waals surface area contributed by atoms with Gasteiger partial charge in [-0.15, -0.1) is 0 Å². The fraction of sp³-hybridized carbons (Fsp3) is 0.542. The summed E-state index contributed by atoms with van der Waals surface area (Å²) < 4.78 is 2.04. The number of anilines is 1. The Balaban J connectivity index is 1.99. The van der Waals surface area contributed by atoms with Crippen molar-refractivity contribution < 1.29 is 9.59 Å². The molecule has 0 atom stereocenters. The normalized spacial score (nSPS) is 11.0. The molecular formula is C24H36N4O2. The second-order valence-corrected chi connectivity index (χ2v) is 8.40. The van der Waals surface area contributed by atoms with Gasteiger partial charge >= 0.3 is 0 Å². The fourth-order valence-electron chi connectivity index (χ4n) is 3.65. The molecule has 0 bridgehead atoms. The molecular weight excluding hydrogens is 376 g/mol. The van der Waals surface area contributed by atoms with Gasteiger partial charge in [-0.2, -0.15) is 5.10 Å². The van der Waals surface area contributed by atoms with Crippen molar-refractivity contribution in [3.63, 3.8) is 0 Å². The minimum Gasteiger partial charge on any atom is -0.333 e. The number of aromatic nitrogens is 2. The number of amides is 2. The van der Waals surface area contributed by atoms with Crippen molar-refractivity contribution >= 4 is 17.5 Å². The lowest BCUT2D eigenvalue weighted by Crippen LogP contribution is -2.38. The highest BCUT2D eigenvalue weighted by molar-refractivity contribution is 5.95. The van der Waals surface area contributed by atoms with Gasteiger partial charge in [-0.25, -0.2) is 0 Å². The molecule has 6 nitrogen and oxygen atoms in total. The van der Waals surface area contributed by atoms with Gasteiger partial charge < -0.3 is 10.2 Å². The number of nitrogens with zero attached hydrogens (tertiary/aromatic N) is 3. The molecule has 1 aromatic carbocycles. The Morgan fingerprint density at radius 2 is 1.87 bits per heavy atom. The summed E-state index contributed by atoms with van der Waals surface area (Å²) in [5.74, 6) is 0.361. The summed E-state index contributed by atoms with van der Waals surface area (Å²) >= 11 is 0. The van der Waals surface area contributed by atoms with Crippen molar-refractivity contribution in [3.8, 4) is 0 Å². The third-order valence-corrected chi connectivity index (χ3v) is 5.26. The second kappa shape index (κ2) is 11.0. The van der Waals surface area contributed by atoms with Gasteiger partial charge in [0.15, 0.2) is 0 Å². The van der Waals surface area contributed by atoms with Crippen molar-refractivity contribution in [2.24, 2.45) is 5.92 Å². The van der Waals surface area contributed by atoms with E-state index in [4.69, 9.17) is 0 Å². The number of rotatable bonds is 10. The molecule has 0 fully saturated rings. The van der Waals surface area contributed by atoms with E-state index in [9.17, 15) is 9.59 Å². The highest BCUT2D eigenvalue weighted by Crippen LogP contribution is 2.17. The molecule has 0 spiro atoms. The topological polar surface area (TPSA) is 67.2 Å². The van der Waals surface area contributed by atoms with Gasteiger partial charge in [0, 0.05) is 30.9 Å². The van der Waals surface area contributed by atoms with Crippen LogP contribution in [0.3, 0.4) is 0 Å². The third-order valence-electron chi connectivity index (χ3n) is 5.26. The predicted molar refractivity (Wildman–Crippen MR) is 122 cm³/mol. The average molecular weight is 413 g/mol. The van der Waals surface area contributed by atoms with Gasteiger partial charge in [0.25, 0.3) is 0 Å². The lowest BCUT2D eigenvalue weighted by molar-refractivity contribution is -0.134. The quantitative estimate of drug-likeness (QED) is 0.633. The molecule has 0 saturated heterocycles. The minimum atomic E-state index is -0.164. The molecule has 1 aromatic heterocycles. The van der Waals surface area contributed by atoms with Gasteiger partial charge in [0.1, 0.15) is 0 Å². The molecule has 2 amide bonds. The summed E-state index contributed by atoms with van der Waals surface area (Å²) in [5.41, 5.74) is 5.05. The Morgan fingerprint density at radius 3 is 2.50 bits per heavy atom. The van der Waals surface area contributed by atoms with Crippen molar-refractivity contribution in [3.05, 3.63) is 46.8 Å². The molecule has 164 valence electrons. The summed E-state index contributed by atoms with van der Waals surface area (Å²) in [5, 5.41) is 7.56. The van der Waals surface area contributed by atoms with Crippen LogP contribution in [-0.2, 0) is 22.6 Å². The number of carbonyl (C=O) groups is 2. The second-order valence-electron chi connectivity index (χ2n) is 8.40. The zero-order valence-electron chi connectivity index (χ0n) is 19.3. The van der Waals surface area contributed by atoms with Crippen LogP contribution in [0.1, 0.15) is 56.1 Å². The van der Waals surface area contributed by atoms with Gasteiger partial charge in [0.2, 0.25) is 11.8 Å². The van der Waals surface area contributed by atoms with E-state index in [0.717, 1.165) is 41.2 Å². The minimum absolute atomic E-state index is 0.00666. The van der Waals surface area contributed by atoms with Gasteiger partial charge in [-0.3, -0.25) is 14.3 Å². The molecule has 0 radical (unpaired) electrons. The summed E-state index contributed by atoms with van der Waals surface area (Å²) in [6.45, 7) is 13.9. The Bertz CT molecular complexity index is 870. The van der Waals surface area contributed by atoms with Crippen molar-refractivity contribution in [1.82, 2.24) is 14.7 Å². The van der Waals surface area contributed by atoms with Crippen LogP contribution in [0.4, 0.5) is 5.69 Å². The lowest BCUT2D eigenvalue weighted by atomic mass is 10.1. The fourth-order valence-corrected chi connectivity index (χ4v) is 3.65. The first kappa shape index (κ1) is 23.6. The summed E-state index contributed by atoms with van der Waals surface area (Å²) in [4.78, 5) is 27.1. The third kappa shape index (κ3) is 6.44. The number of para-hydroxylation sites is 1. The maximum atomic E-state index is 12.9. The standard InChI is InChI=1S/C24H36N4O2/c1-7-14-27(16-23(29)25-22-11-9-8-10-18(22)4)24(30)13-12-21-19(5)26-28(20(21)6)15-17(2)3/h8-11,17H,7,12-16H2,1-6H3,(H,25,29). The Hall–Kier alpha value is -2.63. The number of nitrogens with one attached hydrogen (secondary N) is 1. The molecule has 0 aliphatic rings. The Morgan fingerprint density at radius 1 is 1.17 bits per heavy atom. The number of aryl methyl sites for hydroxylation is 2. The Kier molecular flexibility index (Phi) is 8.63. The van der Waals surface area contributed by atoms with Crippen LogP contribution < -0.4 is 5.32 Å². The molecule has 1 heterocycles. The van der Waals surface area contributed by atoms with Crippen molar-refractivity contribution in [2.75, 3.05) is 18.4 Å². The van der Waals surface area contributed by atoms with Crippen LogP contribution in [0.15, 0.2) is 24.3 Å². The van der Waals surface area contributed by atoms with E-state index in [2.05, 4.69) is 31.2 Å². The molecule has 30 heavy (non-hydrogen) atoms. The van der Waals surface area contributed by atoms with Crippen molar-refractivity contribution in [1.29, 1.82) is 0 Å². The van der Waals surface area contributed by atoms with Gasteiger partial charge in [0.05, 0.1) is 12.2 Å². The van der Waals surface area contributed by atoms with Crippen LogP contribution in [0.2, 0.25) is 0 Å². The van der Waals surface area contributed by atoms with E-state index in [-0.39, 0.29) is 18.4 Å². The van der Waals surface area contributed by atoms with Gasteiger partial charge in [-0.05, 0) is 56.7 Å². The van der Waals surface area contributed by atoms with Crippen LogP contribution in [0.25, 0.3) is 0 Å². The first-order chi connectivity index (χ1) is 14.2. The molecule has 0 aliphatic carbocycles. The molecule has 0 unspecified atom stereocenters. The van der Waals surface area contributed by atoms with E-state index in [0.29, 0.717) is 25.3 Å². The van der Waals surface area contributed by atoms with Crippen LogP contribution in [0.5, 0.6) is 0 Å². The number of carbonyl (C=O) groups excluding carboxylic acids is 2. The van der Waals surface area contributed by atoms with Crippen LogP contribution in [0, 0.1) is 26.7 Å². The zero-order chi connectivity index (χ0) is 22.3. The smallest absolute Gasteiger partial charge is 0.244 e. The predicted octanol–water partition coefficient (Wildman–Crippen LogP) is 4.27. The van der Waals surface area contributed by atoms with E-state index in [1.54, 1.807) is 4.90 Å². The molecule has 0 saturated carbocycles. The molecule has 2 aromatic rings. The molecule has 0 aliphatic heterocycles. The molecule has 2 rings (SSSR count). The number of hydrogen-bond acceptors (Lipinski definition) is 3. The van der Waals surface area contributed by atoms with Crippen LogP contribution >= 0.6 is 0 Å². The average Bonchev–Trinajstić information content (AvgIpc) is 2.93. The summed E-state index contributed by atoms with van der Waals surface area (Å²) in [7, 11) is 0. The van der Waals surface area contributed by atoms with Crippen molar-refractivity contribution in [2.45, 2.75) is 67.3 Å². The molecule has 1 N–H and O–H groups in total. The summed E-state index contributed by atoms with van der Waals surface area (Å²) in [6, 6.07) is 7.65. The number of hydrogen-bond donors (Lipinski definition) is 1. The zero-order valence-corrected chi connectivity index (χ0v) is 19.3. The van der Waals surface area contributed by atoms with Crippen LogP contribution in [-0.4, -0.2) is 39.6 Å². The highest BCUT2D eigenvalue weighted by atomic mass is 16.2. The summed E-state index contributed by atoms with van der Waals surface area (Å²) in [6.07, 6.45) is 1.84. The van der Waals surface area contributed by atoms with E-state index >= 15 is 0 Å². The monoisotopic (exact) mass is 412 g/mol. The Labute approximate surface area is 180 Å². The first-order valence-electron chi connectivity index (χ1n) is 10.9. The first-order valence-corrected chi connectivity index (χ1v) is 10.9. The SMILES string of the molecule is CCCN(CC(=O)Nc1ccccc1C)C(=O)CCc1c(C)nn(CC(C)C)c1C. The largest absolute Gasteiger partial charge is 0.333 e. The highest BCUT2D eigenvalue weighted by Gasteiger charge is 2.19. The van der Waals surface area contributed by atoms with E-state index < -0.39 is 0 Å². The van der Waals surface area contributed by atoms with Gasteiger partial charge in [-0.1, -0.05) is 39.0 Å². The maximum Gasteiger partial charge on any atom is 0.244 e. The lowest BCUT2D eigenvalue weighted by Gasteiger charge is -2.22. The number of benzene rings is 1.